The fourth-order valence-electron chi connectivity index (χ4n) is 6.34. The molecule has 2 nitrogen and oxygen atoms in total. The summed E-state index contributed by atoms with van der Waals surface area (Å²) in [5.41, 5.74) is 2.61. The second kappa shape index (κ2) is 7.50. The number of ketones is 2. The quantitative estimate of drug-likeness (QED) is 0.511. The first kappa shape index (κ1) is 20.6. The number of hydrogen-bond acceptors (Lipinski definition) is 2. The molecule has 2 heteroatoms. The van der Waals surface area contributed by atoms with E-state index in [1.54, 1.807) is 0 Å². The van der Waals surface area contributed by atoms with Crippen molar-refractivity contribution in [1.29, 1.82) is 0 Å². The predicted octanol–water partition coefficient (Wildman–Crippen LogP) is 5.86. The SMILES string of the molecule is C=C.C=C.CC1=CC(=O)C=C2CC[C@@H]3C(CC[C@]4(C)C(=O)CCC34)[C@@]12C. The number of fused-ring (bicyclic) bond motifs is 5. The molecule has 0 aromatic carbocycles. The Morgan fingerprint density at radius 3 is 2.23 bits per heavy atom. The van der Waals surface area contributed by atoms with E-state index in [1.165, 1.54) is 17.6 Å². The van der Waals surface area contributed by atoms with Gasteiger partial charge in [-0.05, 0) is 68.9 Å². The van der Waals surface area contributed by atoms with Gasteiger partial charge in [-0.15, -0.1) is 26.3 Å². The molecule has 0 aromatic rings. The summed E-state index contributed by atoms with van der Waals surface area (Å²) in [7, 11) is 0. The zero-order valence-corrected chi connectivity index (χ0v) is 16.8. The Kier molecular flexibility index (Phi) is 5.95. The molecule has 0 heterocycles. The van der Waals surface area contributed by atoms with Crippen molar-refractivity contribution in [3.63, 3.8) is 0 Å². The summed E-state index contributed by atoms with van der Waals surface area (Å²) >= 11 is 0. The van der Waals surface area contributed by atoms with Gasteiger partial charge in [-0.3, -0.25) is 9.59 Å². The second-order valence-electron chi connectivity index (χ2n) is 8.44. The standard InChI is InChI=1S/C20H26O2.2C2H4/c1-12-10-14(21)11-13-4-5-15-16-6-7-18(22)19(16,2)9-8-17(15)20(12,13)3;2*1-2/h10-11,15-17H,4-9H2,1-3H3;2*1-2H2/t15-,16?,17?,19-,20-;;/m0../s1. The largest absolute Gasteiger partial charge is 0.299 e. The summed E-state index contributed by atoms with van der Waals surface area (Å²) in [6.45, 7) is 18.7. The maximum Gasteiger partial charge on any atom is 0.178 e. The number of allylic oxidation sites excluding steroid dienone is 4. The highest BCUT2D eigenvalue weighted by atomic mass is 16.1. The van der Waals surface area contributed by atoms with Gasteiger partial charge in [-0.1, -0.05) is 25.0 Å². The molecular formula is C24H34O2. The van der Waals surface area contributed by atoms with Gasteiger partial charge >= 0.3 is 0 Å². The first-order valence-electron chi connectivity index (χ1n) is 9.84. The summed E-state index contributed by atoms with van der Waals surface area (Å²) in [5, 5.41) is 0. The summed E-state index contributed by atoms with van der Waals surface area (Å²) in [6, 6.07) is 0. The normalized spacial score (nSPS) is 40.3. The van der Waals surface area contributed by atoms with Gasteiger partial charge in [0.05, 0.1) is 0 Å². The van der Waals surface area contributed by atoms with Gasteiger partial charge in [-0.2, -0.15) is 0 Å². The van der Waals surface area contributed by atoms with E-state index in [9.17, 15) is 9.59 Å². The summed E-state index contributed by atoms with van der Waals surface area (Å²) < 4.78 is 0. The fraction of sp³-hybridized carbons (Fsp3) is 0.583. The third kappa shape index (κ3) is 2.78. The molecule has 0 spiro atoms. The van der Waals surface area contributed by atoms with Crippen molar-refractivity contribution >= 4 is 11.6 Å². The average molecular weight is 355 g/mol. The lowest BCUT2D eigenvalue weighted by atomic mass is 9.47. The summed E-state index contributed by atoms with van der Waals surface area (Å²) in [4.78, 5) is 24.3. The number of carbonyl (C=O) groups excluding carboxylic acids is 2. The van der Waals surface area contributed by atoms with Crippen LogP contribution >= 0.6 is 0 Å². The highest BCUT2D eigenvalue weighted by molar-refractivity contribution is 6.02. The Morgan fingerprint density at radius 2 is 1.58 bits per heavy atom. The van der Waals surface area contributed by atoms with Crippen molar-refractivity contribution in [2.45, 2.75) is 59.3 Å². The monoisotopic (exact) mass is 354 g/mol. The van der Waals surface area contributed by atoms with Crippen LogP contribution in [0.4, 0.5) is 0 Å². The van der Waals surface area contributed by atoms with Gasteiger partial charge in [-0.25, -0.2) is 0 Å². The minimum atomic E-state index is -0.0547. The fourth-order valence-corrected chi connectivity index (χ4v) is 6.34. The van der Waals surface area contributed by atoms with Gasteiger partial charge in [0, 0.05) is 17.3 Å². The van der Waals surface area contributed by atoms with Crippen molar-refractivity contribution in [2.75, 3.05) is 0 Å². The molecule has 3 fully saturated rings. The molecule has 0 saturated heterocycles. The van der Waals surface area contributed by atoms with Crippen LogP contribution in [0, 0.1) is 28.6 Å². The van der Waals surface area contributed by atoms with Crippen LogP contribution in [0.25, 0.3) is 0 Å². The first-order valence-corrected chi connectivity index (χ1v) is 9.84. The second-order valence-corrected chi connectivity index (χ2v) is 8.44. The van der Waals surface area contributed by atoms with Crippen molar-refractivity contribution in [3.05, 3.63) is 49.6 Å². The van der Waals surface area contributed by atoms with E-state index in [4.69, 9.17) is 0 Å². The van der Waals surface area contributed by atoms with Gasteiger partial charge in [0.2, 0.25) is 0 Å². The summed E-state index contributed by atoms with van der Waals surface area (Å²) in [6.07, 6.45) is 10.0. The van der Waals surface area contributed by atoms with Crippen molar-refractivity contribution in [1.82, 2.24) is 0 Å². The van der Waals surface area contributed by atoms with Crippen LogP contribution < -0.4 is 0 Å². The van der Waals surface area contributed by atoms with Gasteiger partial charge < -0.3 is 0 Å². The molecule has 2 unspecified atom stereocenters. The molecule has 4 rings (SSSR count). The maximum atomic E-state index is 12.4. The molecular weight excluding hydrogens is 320 g/mol. The maximum absolute atomic E-state index is 12.4. The van der Waals surface area contributed by atoms with E-state index in [1.807, 2.05) is 12.2 Å². The smallest absolute Gasteiger partial charge is 0.178 e. The van der Waals surface area contributed by atoms with Crippen molar-refractivity contribution < 1.29 is 9.59 Å². The minimum absolute atomic E-state index is 0.0547. The van der Waals surface area contributed by atoms with Gasteiger partial charge in [0.15, 0.2) is 5.78 Å². The van der Waals surface area contributed by atoms with E-state index in [-0.39, 0.29) is 16.6 Å². The van der Waals surface area contributed by atoms with Crippen molar-refractivity contribution in [2.24, 2.45) is 28.6 Å². The van der Waals surface area contributed by atoms with Crippen LogP contribution in [0.1, 0.15) is 59.3 Å². The Bertz CT molecular complexity index is 653. The van der Waals surface area contributed by atoms with E-state index in [0.717, 1.165) is 32.1 Å². The zero-order chi connectivity index (χ0) is 19.7. The molecule has 3 saturated carbocycles. The van der Waals surface area contributed by atoms with Gasteiger partial charge in [0.25, 0.3) is 0 Å². The molecule has 142 valence electrons. The molecule has 0 bridgehead atoms. The topological polar surface area (TPSA) is 34.1 Å². The molecule has 0 aliphatic heterocycles. The molecule has 0 amide bonds. The minimum Gasteiger partial charge on any atom is -0.299 e. The third-order valence-corrected chi connectivity index (χ3v) is 7.80. The van der Waals surface area contributed by atoms with E-state index in [0.29, 0.717) is 23.5 Å². The van der Waals surface area contributed by atoms with Crippen LogP contribution in [-0.4, -0.2) is 11.6 Å². The Morgan fingerprint density at radius 1 is 0.923 bits per heavy atom. The average Bonchev–Trinajstić information content (AvgIpc) is 2.95. The lowest BCUT2D eigenvalue weighted by Gasteiger charge is -2.57. The highest BCUT2D eigenvalue weighted by Crippen LogP contribution is 2.64. The predicted molar refractivity (Wildman–Crippen MR) is 109 cm³/mol. The van der Waals surface area contributed by atoms with Crippen LogP contribution in [0.15, 0.2) is 49.6 Å². The summed E-state index contributed by atoms with van der Waals surface area (Å²) in [5.74, 6) is 2.51. The van der Waals surface area contributed by atoms with Crippen LogP contribution in [0.3, 0.4) is 0 Å². The molecule has 26 heavy (non-hydrogen) atoms. The molecule has 0 radical (unpaired) electrons. The van der Waals surface area contributed by atoms with Crippen LogP contribution in [0.2, 0.25) is 0 Å². The molecule has 0 N–H and O–H groups in total. The number of rotatable bonds is 0. The van der Waals surface area contributed by atoms with Crippen molar-refractivity contribution in [3.8, 4) is 0 Å². The number of carbonyl (C=O) groups is 2. The van der Waals surface area contributed by atoms with Gasteiger partial charge in [0.1, 0.15) is 5.78 Å². The van der Waals surface area contributed by atoms with Crippen LogP contribution in [0.5, 0.6) is 0 Å². The first-order chi connectivity index (χ1) is 12.4. The Labute approximate surface area is 159 Å². The highest BCUT2D eigenvalue weighted by Gasteiger charge is 2.59. The van der Waals surface area contributed by atoms with E-state index < -0.39 is 0 Å². The Balaban J connectivity index is 0.000000570. The lowest BCUT2D eigenvalue weighted by Crippen LogP contribution is -2.50. The molecule has 0 aromatic heterocycles. The van der Waals surface area contributed by atoms with Crippen LogP contribution in [-0.2, 0) is 9.59 Å². The molecule has 4 aliphatic carbocycles. The van der Waals surface area contributed by atoms with E-state index >= 15 is 0 Å². The molecule has 4 aliphatic rings. The Hall–Kier alpha value is -1.70. The zero-order valence-electron chi connectivity index (χ0n) is 16.8. The number of Topliss-reactive ketones (excluding diaryl/α,β-unsaturated/α-hetero) is 1. The third-order valence-electron chi connectivity index (χ3n) is 7.80. The lowest BCUT2D eigenvalue weighted by molar-refractivity contribution is -0.131. The number of hydrogen-bond donors (Lipinski definition) is 0. The van der Waals surface area contributed by atoms with E-state index in [2.05, 4.69) is 47.1 Å². The molecule has 5 atom stereocenters.